The van der Waals surface area contributed by atoms with Gasteiger partial charge in [0.25, 0.3) is 0 Å². The lowest BCUT2D eigenvalue weighted by molar-refractivity contribution is 0.536. The molecule has 5 heteroatoms. The van der Waals surface area contributed by atoms with E-state index in [1.54, 1.807) is 11.3 Å². The third-order valence-electron chi connectivity index (χ3n) is 3.78. The van der Waals surface area contributed by atoms with E-state index >= 15 is 0 Å². The highest BCUT2D eigenvalue weighted by Gasteiger charge is 2.18. The van der Waals surface area contributed by atoms with Gasteiger partial charge in [0.15, 0.2) is 0 Å². The number of aromatic nitrogens is 4. The third kappa shape index (κ3) is 2.50. The number of hydrogen-bond donors (Lipinski definition) is 0. The average molecular weight is 302 g/mol. The Morgan fingerprint density at radius 2 is 2.05 bits per heavy atom. The summed E-state index contributed by atoms with van der Waals surface area (Å²) in [5, 5.41) is 9.02. The fourth-order valence-corrected chi connectivity index (χ4v) is 3.74. The Labute approximate surface area is 129 Å². The Balaban J connectivity index is 2.06. The van der Waals surface area contributed by atoms with E-state index < -0.39 is 0 Å². The Kier molecular flexibility index (Phi) is 3.85. The van der Waals surface area contributed by atoms with Gasteiger partial charge in [-0.15, -0.1) is 11.3 Å². The minimum atomic E-state index is 0.467. The van der Waals surface area contributed by atoms with E-state index in [0.717, 1.165) is 6.54 Å². The number of aryl methyl sites for hydroxylation is 2. The first kappa shape index (κ1) is 14.3. The molecular weight excluding hydrogens is 280 g/mol. The molecule has 0 amide bonds. The van der Waals surface area contributed by atoms with Crippen molar-refractivity contribution in [3.8, 4) is 10.4 Å². The summed E-state index contributed by atoms with van der Waals surface area (Å²) in [5.41, 5.74) is 3.83. The van der Waals surface area contributed by atoms with Crippen LogP contribution in [0.4, 0.5) is 0 Å². The molecule has 112 valence electrons. The maximum atomic E-state index is 4.62. The molecule has 0 saturated heterocycles. The number of unbranched alkanes of at least 4 members (excludes halogenated alkanes) is 1. The van der Waals surface area contributed by atoms with Gasteiger partial charge in [0.2, 0.25) is 0 Å². The topological polar surface area (TPSA) is 35.1 Å². The summed E-state index contributed by atoms with van der Waals surface area (Å²) in [7, 11) is 0. The van der Waals surface area contributed by atoms with Gasteiger partial charge in [0.05, 0.1) is 17.3 Å². The van der Waals surface area contributed by atoms with E-state index in [1.807, 2.05) is 16.9 Å². The van der Waals surface area contributed by atoms with Crippen molar-refractivity contribution >= 4 is 16.2 Å². The molecule has 3 rings (SSSR count). The van der Waals surface area contributed by atoms with Crippen molar-refractivity contribution in [3.05, 3.63) is 29.8 Å². The zero-order valence-electron chi connectivity index (χ0n) is 13.1. The fourth-order valence-electron chi connectivity index (χ4n) is 2.70. The maximum absolute atomic E-state index is 4.62. The van der Waals surface area contributed by atoms with Gasteiger partial charge in [0.1, 0.15) is 4.83 Å². The van der Waals surface area contributed by atoms with Crippen LogP contribution in [0.25, 0.3) is 15.3 Å². The summed E-state index contributed by atoms with van der Waals surface area (Å²) in [6.07, 6.45) is 8.43. The quantitative estimate of drug-likeness (QED) is 0.696. The van der Waals surface area contributed by atoms with Crippen LogP contribution < -0.4 is 0 Å². The average Bonchev–Trinajstić information content (AvgIpc) is 3.11. The van der Waals surface area contributed by atoms with Crippen LogP contribution in [0.5, 0.6) is 0 Å². The number of rotatable bonds is 5. The molecule has 3 heterocycles. The molecule has 0 aliphatic heterocycles. The summed E-state index contributed by atoms with van der Waals surface area (Å²) < 4.78 is 4.15. The standard InChI is InChI=1S/C16H22N4S/c1-5-6-7-19-15(11(2)3)13(9-18-19)14-10-20-16(21-14)12(4)8-17-20/h8-11H,5-7H2,1-4H3. The van der Waals surface area contributed by atoms with Crippen LogP contribution in [0.1, 0.15) is 50.8 Å². The number of nitrogens with zero attached hydrogens (tertiary/aromatic N) is 4. The van der Waals surface area contributed by atoms with E-state index in [1.165, 1.54) is 39.4 Å². The molecule has 0 aliphatic carbocycles. The van der Waals surface area contributed by atoms with Crippen molar-refractivity contribution < 1.29 is 0 Å². The van der Waals surface area contributed by atoms with E-state index in [0.29, 0.717) is 5.92 Å². The Morgan fingerprint density at radius 1 is 1.24 bits per heavy atom. The van der Waals surface area contributed by atoms with E-state index in [4.69, 9.17) is 0 Å². The highest BCUT2D eigenvalue weighted by molar-refractivity contribution is 7.20. The largest absolute Gasteiger partial charge is 0.269 e. The fraction of sp³-hybridized carbons (Fsp3) is 0.500. The molecular formula is C16H22N4S. The Morgan fingerprint density at radius 3 is 2.71 bits per heavy atom. The molecule has 0 unspecified atom stereocenters. The van der Waals surface area contributed by atoms with Crippen LogP contribution in [0, 0.1) is 6.92 Å². The molecule has 0 saturated carbocycles. The molecule has 0 spiro atoms. The molecule has 0 atom stereocenters. The normalized spacial score (nSPS) is 11.9. The monoisotopic (exact) mass is 302 g/mol. The molecule has 3 aromatic rings. The predicted octanol–water partition coefficient (Wildman–Crippen LogP) is 4.49. The van der Waals surface area contributed by atoms with Gasteiger partial charge >= 0.3 is 0 Å². The highest BCUT2D eigenvalue weighted by Crippen LogP contribution is 2.35. The summed E-state index contributed by atoms with van der Waals surface area (Å²) in [6.45, 7) is 9.82. The lowest BCUT2D eigenvalue weighted by Gasteiger charge is -2.11. The van der Waals surface area contributed by atoms with Crippen LogP contribution in [-0.2, 0) is 6.54 Å². The molecule has 0 aliphatic rings. The van der Waals surface area contributed by atoms with Crippen LogP contribution in [0.15, 0.2) is 18.6 Å². The lowest BCUT2D eigenvalue weighted by atomic mass is 10.1. The van der Waals surface area contributed by atoms with Crippen molar-refractivity contribution in [2.75, 3.05) is 0 Å². The van der Waals surface area contributed by atoms with E-state index in [9.17, 15) is 0 Å². The third-order valence-corrected chi connectivity index (χ3v) is 5.03. The van der Waals surface area contributed by atoms with Gasteiger partial charge in [-0.1, -0.05) is 27.2 Å². The summed E-state index contributed by atoms with van der Waals surface area (Å²) in [5.74, 6) is 0.467. The van der Waals surface area contributed by atoms with Crippen LogP contribution in [-0.4, -0.2) is 19.4 Å². The van der Waals surface area contributed by atoms with Gasteiger partial charge in [0, 0.05) is 29.6 Å². The summed E-state index contributed by atoms with van der Waals surface area (Å²) in [4.78, 5) is 2.48. The highest BCUT2D eigenvalue weighted by atomic mass is 32.1. The van der Waals surface area contributed by atoms with Crippen molar-refractivity contribution in [2.24, 2.45) is 0 Å². The van der Waals surface area contributed by atoms with Crippen molar-refractivity contribution in [1.29, 1.82) is 0 Å². The number of fused-ring (bicyclic) bond motifs is 1. The van der Waals surface area contributed by atoms with E-state index in [-0.39, 0.29) is 0 Å². The minimum Gasteiger partial charge on any atom is -0.269 e. The molecule has 0 fully saturated rings. The van der Waals surface area contributed by atoms with Gasteiger partial charge < -0.3 is 0 Å². The maximum Gasteiger partial charge on any atom is 0.122 e. The predicted molar refractivity (Wildman–Crippen MR) is 88.0 cm³/mol. The van der Waals surface area contributed by atoms with Gasteiger partial charge in [-0.3, -0.25) is 4.68 Å². The van der Waals surface area contributed by atoms with Crippen LogP contribution >= 0.6 is 11.3 Å². The molecule has 0 aromatic carbocycles. The first-order chi connectivity index (χ1) is 10.1. The second-order valence-electron chi connectivity index (χ2n) is 5.85. The molecule has 0 radical (unpaired) electrons. The minimum absolute atomic E-state index is 0.467. The lowest BCUT2D eigenvalue weighted by Crippen LogP contribution is -2.06. The zero-order valence-corrected chi connectivity index (χ0v) is 13.9. The Hall–Kier alpha value is -1.62. The number of thiazole rings is 1. The van der Waals surface area contributed by atoms with E-state index in [2.05, 4.69) is 48.8 Å². The first-order valence-electron chi connectivity index (χ1n) is 7.61. The molecule has 0 N–H and O–H groups in total. The summed E-state index contributed by atoms with van der Waals surface area (Å²) >= 11 is 1.80. The van der Waals surface area contributed by atoms with Crippen molar-refractivity contribution in [3.63, 3.8) is 0 Å². The second-order valence-corrected chi connectivity index (χ2v) is 6.88. The second kappa shape index (κ2) is 5.64. The SMILES string of the molecule is CCCCn1ncc(-c2cn3ncc(C)c3s2)c1C(C)C. The smallest absolute Gasteiger partial charge is 0.122 e. The molecule has 0 bridgehead atoms. The van der Waals surface area contributed by atoms with Crippen LogP contribution in [0.3, 0.4) is 0 Å². The van der Waals surface area contributed by atoms with Gasteiger partial charge in [-0.05, 0) is 19.3 Å². The van der Waals surface area contributed by atoms with Crippen molar-refractivity contribution in [2.45, 2.75) is 53.0 Å². The molecule has 3 aromatic heterocycles. The molecule has 4 nitrogen and oxygen atoms in total. The number of hydrogen-bond acceptors (Lipinski definition) is 3. The summed E-state index contributed by atoms with van der Waals surface area (Å²) in [6, 6.07) is 0. The van der Waals surface area contributed by atoms with Crippen LogP contribution in [0.2, 0.25) is 0 Å². The zero-order chi connectivity index (χ0) is 15.0. The van der Waals surface area contributed by atoms with Gasteiger partial charge in [-0.2, -0.15) is 10.2 Å². The molecule has 21 heavy (non-hydrogen) atoms. The van der Waals surface area contributed by atoms with Crippen molar-refractivity contribution in [1.82, 2.24) is 19.4 Å². The first-order valence-corrected chi connectivity index (χ1v) is 8.43. The Bertz CT molecular complexity index is 748. The van der Waals surface area contributed by atoms with Gasteiger partial charge in [-0.25, -0.2) is 4.52 Å².